The van der Waals surface area contributed by atoms with Gasteiger partial charge in [-0.1, -0.05) is 0 Å². The number of hydrogen-bond acceptors (Lipinski definition) is 4. The van der Waals surface area contributed by atoms with E-state index in [0.717, 1.165) is 45.8 Å². The minimum atomic E-state index is -0.426. The standard InChI is InChI=1S/C10H21N3O/c1-11-3-5-13(6-4-11)9-10(14)7-12(2)8-10/h14H,3-9H2,1-2H3. The molecule has 2 rings (SSSR count). The highest BCUT2D eigenvalue weighted by atomic mass is 16.3. The molecule has 2 saturated heterocycles. The summed E-state index contributed by atoms with van der Waals surface area (Å²) in [5, 5.41) is 10.1. The Labute approximate surface area is 86.1 Å². The largest absolute Gasteiger partial charge is 0.386 e. The molecule has 1 N–H and O–H groups in total. The lowest BCUT2D eigenvalue weighted by atomic mass is 9.94. The third kappa shape index (κ3) is 2.25. The number of piperazine rings is 1. The summed E-state index contributed by atoms with van der Waals surface area (Å²) in [6, 6.07) is 0. The number of likely N-dealkylation sites (N-methyl/N-ethyl adjacent to an activating group) is 2. The van der Waals surface area contributed by atoms with E-state index in [9.17, 15) is 5.11 Å². The first-order chi connectivity index (χ1) is 6.57. The number of aliphatic hydroxyl groups is 1. The van der Waals surface area contributed by atoms with Crippen LogP contribution in [-0.4, -0.2) is 85.3 Å². The van der Waals surface area contributed by atoms with Crippen LogP contribution in [0.15, 0.2) is 0 Å². The molecule has 2 fully saturated rings. The van der Waals surface area contributed by atoms with Crippen molar-refractivity contribution in [3.63, 3.8) is 0 Å². The fourth-order valence-corrected chi connectivity index (χ4v) is 2.48. The van der Waals surface area contributed by atoms with Crippen LogP contribution in [0.3, 0.4) is 0 Å². The van der Waals surface area contributed by atoms with Crippen LogP contribution in [0.5, 0.6) is 0 Å². The topological polar surface area (TPSA) is 30.0 Å². The molecule has 2 heterocycles. The van der Waals surface area contributed by atoms with E-state index in [1.54, 1.807) is 0 Å². The Kier molecular flexibility index (Phi) is 2.79. The van der Waals surface area contributed by atoms with Gasteiger partial charge in [0.1, 0.15) is 5.60 Å². The van der Waals surface area contributed by atoms with Gasteiger partial charge in [-0.05, 0) is 14.1 Å². The summed E-state index contributed by atoms with van der Waals surface area (Å²) in [6.45, 7) is 6.98. The molecule has 0 aliphatic carbocycles. The van der Waals surface area contributed by atoms with Gasteiger partial charge >= 0.3 is 0 Å². The summed E-state index contributed by atoms with van der Waals surface area (Å²) >= 11 is 0. The third-order valence-electron chi connectivity index (χ3n) is 3.24. The molecule has 4 heteroatoms. The van der Waals surface area contributed by atoms with Gasteiger partial charge < -0.3 is 14.9 Å². The molecule has 0 atom stereocenters. The van der Waals surface area contributed by atoms with Crippen LogP contribution in [0.1, 0.15) is 0 Å². The van der Waals surface area contributed by atoms with Crippen molar-refractivity contribution in [2.75, 3.05) is 59.9 Å². The van der Waals surface area contributed by atoms with Crippen molar-refractivity contribution in [1.29, 1.82) is 0 Å². The van der Waals surface area contributed by atoms with Gasteiger partial charge in [-0.25, -0.2) is 0 Å². The van der Waals surface area contributed by atoms with Crippen molar-refractivity contribution in [3.05, 3.63) is 0 Å². The minimum absolute atomic E-state index is 0.426. The van der Waals surface area contributed by atoms with E-state index in [-0.39, 0.29) is 0 Å². The summed E-state index contributed by atoms with van der Waals surface area (Å²) in [4.78, 5) is 6.89. The number of nitrogens with zero attached hydrogens (tertiary/aromatic N) is 3. The molecule has 4 nitrogen and oxygen atoms in total. The van der Waals surface area contributed by atoms with Gasteiger partial charge in [-0.3, -0.25) is 4.90 Å². The molecular weight excluding hydrogens is 178 g/mol. The lowest BCUT2D eigenvalue weighted by molar-refractivity contribution is -0.107. The molecule has 2 aliphatic heterocycles. The summed E-state index contributed by atoms with van der Waals surface area (Å²) in [7, 11) is 4.21. The highest BCUT2D eigenvalue weighted by molar-refractivity contribution is 4.96. The first-order valence-electron chi connectivity index (χ1n) is 5.39. The zero-order valence-corrected chi connectivity index (χ0v) is 9.24. The molecule has 0 bridgehead atoms. The maximum absolute atomic E-state index is 10.1. The maximum atomic E-state index is 10.1. The quantitative estimate of drug-likeness (QED) is 0.612. The van der Waals surface area contributed by atoms with Crippen molar-refractivity contribution in [2.24, 2.45) is 0 Å². The van der Waals surface area contributed by atoms with Gasteiger partial charge in [0, 0.05) is 45.8 Å². The molecule has 0 aromatic heterocycles. The first kappa shape index (κ1) is 10.4. The van der Waals surface area contributed by atoms with Crippen molar-refractivity contribution in [3.8, 4) is 0 Å². The SMILES string of the molecule is CN1CCN(CC2(O)CN(C)C2)CC1. The average molecular weight is 199 g/mol. The lowest BCUT2D eigenvalue weighted by Gasteiger charge is -2.48. The monoisotopic (exact) mass is 199 g/mol. The summed E-state index contributed by atoms with van der Waals surface area (Å²) in [6.07, 6.45) is 0. The second kappa shape index (κ2) is 3.77. The molecule has 0 aromatic rings. The number of hydrogen-bond donors (Lipinski definition) is 1. The Morgan fingerprint density at radius 1 is 1.00 bits per heavy atom. The van der Waals surface area contributed by atoms with Gasteiger partial charge in [-0.15, -0.1) is 0 Å². The number of β-amino-alcohol motifs (C(OH)–C–C–N with tert-alkyl or cyclic N) is 1. The average Bonchev–Trinajstić information content (AvgIpc) is 2.07. The van der Waals surface area contributed by atoms with Gasteiger partial charge in [0.2, 0.25) is 0 Å². The summed E-state index contributed by atoms with van der Waals surface area (Å²) in [5.74, 6) is 0. The Bertz CT molecular complexity index is 196. The van der Waals surface area contributed by atoms with Crippen LogP contribution in [0.25, 0.3) is 0 Å². The van der Waals surface area contributed by atoms with Crippen molar-refractivity contribution >= 4 is 0 Å². The zero-order valence-electron chi connectivity index (χ0n) is 9.24. The molecule has 0 unspecified atom stereocenters. The minimum Gasteiger partial charge on any atom is -0.386 e. The molecule has 0 amide bonds. The molecule has 0 radical (unpaired) electrons. The van der Waals surface area contributed by atoms with Crippen LogP contribution in [0.4, 0.5) is 0 Å². The Balaban J connectivity index is 1.75. The van der Waals surface area contributed by atoms with E-state index in [1.807, 2.05) is 0 Å². The van der Waals surface area contributed by atoms with E-state index < -0.39 is 5.60 Å². The number of rotatable bonds is 2. The second-order valence-electron chi connectivity index (χ2n) is 4.98. The van der Waals surface area contributed by atoms with E-state index in [1.165, 1.54) is 0 Å². The normalized spacial score (nSPS) is 30.2. The predicted octanol–water partition coefficient (Wildman–Crippen LogP) is -1.09. The van der Waals surface area contributed by atoms with Crippen LogP contribution in [0, 0.1) is 0 Å². The van der Waals surface area contributed by atoms with Crippen molar-refractivity contribution in [2.45, 2.75) is 5.60 Å². The smallest absolute Gasteiger partial charge is 0.103 e. The van der Waals surface area contributed by atoms with E-state index in [2.05, 4.69) is 28.8 Å². The zero-order chi connectivity index (χ0) is 10.2. The Morgan fingerprint density at radius 3 is 2.07 bits per heavy atom. The van der Waals surface area contributed by atoms with E-state index in [0.29, 0.717) is 0 Å². The van der Waals surface area contributed by atoms with E-state index in [4.69, 9.17) is 0 Å². The van der Waals surface area contributed by atoms with Crippen LogP contribution < -0.4 is 0 Å². The fourth-order valence-electron chi connectivity index (χ4n) is 2.48. The summed E-state index contributed by atoms with van der Waals surface area (Å²) < 4.78 is 0. The van der Waals surface area contributed by atoms with Crippen molar-refractivity contribution in [1.82, 2.24) is 14.7 Å². The number of likely N-dealkylation sites (tertiary alicyclic amines) is 1. The van der Waals surface area contributed by atoms with E-state index >= 15 is 0 Å². The summed E-state index contributed by atoms with van der Waals surface area (Å²) in [5.41, 5.74) is -0.426. The Morgan fingerprint density at radius 2 is 1.57 bits per heavy atom. The second-order valence-corrected chi connectivity index (χ2v) is 4.98. The molecular formula is C10H21N3O. The lowest BCUT2D eigenvalue weighted by Crippen LogP contribution is -2.66. The fraction of sp³-hybridized carbons (Fsp3) is 1.00. The molecule has 2 aliphatic rings. The Hall–Kier alpha value is -0.160. The van der Waals surface area contributed by atoms with Crippen molar-refractivity contribution < 1.29 is 5.11 Å². The van der Waals surface area contributed by atoms with Gasteiger partial charge in [0.05, 0.1) is 0 Å². The van der Waals surface area contributed by atoms with Crippen LogP contribution >= 0.6 is 0 Å². The van der Waals surface area contributed by atoms with Gasteiger partial charge in [-0.2, -0.15) is 0 Å². The molecule has 0 aromatic carbocycles. The molecule has 82 valence electrons. The predicted molar refractivity (Wildman–Crippen MR) is 56.4 cm³/mol. The molecule has 0 saturated carbocycles. The van der Waals surface area contributed by atoms with Crippen LogP contribution in [0.2, 0.25) is 0 Å². The third-order valence-corrected chi connectivity index (χ3v) is 3.24. The van der Waals surface area contributed by atoms with Crippen LogP contribution in [-0.2, 0) is 0 Å². The molecule has 0 spiro atoms. The maximum Gasteiger partial charge on any atom is 0.103 e. The van der Waals surface area contributed by atoms with Gasteiger partial charge in [0.15, 0.2) is 0 Å². The highest BCUT2D eigenvalue weighted by Crippen LogP contribution is 2.20. The highest BCUT2D eigenvalue weighted by Gasteiger charge is 2.40. The molecule has 14 heavy (non-hydrogen) atoms. The first-order valence-corrected chi connectivity index (χ1v) is 5.39. The van der Waals surface area contributed by atoms with Gasteiger partial charge in [0.25, 0.3) is 0 Å².